The maximum Gasteiger partial charge on any atom is 0.265 e. The summed E-state index contributed by atoms with van der Waals surface area (Å²) in [4.78, 5) is 0. The Labute approximate surface area is 149 Å². The molecular weight excluding hydrogens is 406 g/mol. The molecule has 0 atom stereocenters. The summed E-state index contributed by atoms with van der Waals surface area (Å²) < 4.78 is 5.18. The van der Waals surface area contributed by atoms with Gasteiger partial charge in [0, 0.05) is 9.57 Å². The fourth-order valence-corrected chi connectivity index (χ4v) is 2.55. The van der Waals surface area contributed by atoms with Gasteiger partial charge in [0.05, 0.1) is 6.54 Å². The standard InChI is InChI=1S/C17H17BrN3.BrH/c1-14-4-2-3-5-16(14)11-21-13-20(12-19-21)10-15-6-8-17(18)9-7-15;/h2-9,12-13H,10-11H2,1H3;1H/q+1;/p-1. The molecule has 22 heavy (non-hydrogen) atoms. The largest absolute Gasteiger partial charge is 1.00 e. The van der Waals surface area contributed by atoms with Crippen LogP contribution in [0.5, 0.6) is 0 Å². The molecule has 0 saturated heterocycles. The van der Waals surface area contributed by atoms with Crippen LogP contribution in [-0.4, -0.2) is 9.78 Å². The highest BCUT2D eigenvalue weighted by molar-refractivity contribution is 9.10. The SMILES string of the molecule is Cc1ccccc1Cn1c[n+](Cc2ccc(Br)cc2)cn1.[Br-]. The van der Waals surface area contributed by atoms with Crippen molar-refractivity contribution >= 4 is 15.9 Å². The summed E-state index contributed by atoms with van der Waals surface area (Å²) in [6.45, 7) is 3.77. The van der Waals surface area contributed by atoms with Crippen molar-refractivity contribution in [1.29, 1.82) is 0 Å². The summed E-state index contributed by atoms with van der Waals surface area (Å²) in [5.41, 5.74) is 3.86. The lowest BCUT2D eigenvalue weighted by molar-refractivity contribution is -0.689. The zero-order chi connectivity index (χ0) is 14.7. The highest BCUT2D eigenvalue weighted by Crippen LogP contribution is 2.10. The molecule has 1 aromatic heterocycles. The highest BCUT2D eigenvalue weighted by atomic mass is 79.9. The van der Waals surface area contributed by atoms with E-state index in [1.165, 1.54) is 16.7 Å². The monoisotopic (exact) mass is 421 g/mol. The van der Waals surface area contributed by atoms with Crippen LogP contribution in [-0.2, 0) is 13.1 Å². The maximum atomic E-state index is 4.44. The molecule has 0 fully saturated rings. The average molecular weight is 423 g/mol. The van der Waals surface area contributed by atoms with Crippen molar-refractivity contribution in [3.8, 4) is 0 Å². The molecule has 0 N–H and O–H groups in total. The minimum Gasteiger partial charge on any atom is -1.00 e. The number of aromatic nitrogens is 3. The van der Waals surface area contributed by atoms with Crippen LogP contribution >= 0.6 is 15.9 Å². The molecular formula is C17H17Br2N3. The third-order valence-electron chi connectivity index (χ3n) is 3.50. The minimum absolute atomic E-state index is 0. The average Bonchev–Trinajstić information content (AvgIpc) is 2.91. The number of hydrogen-bond donors (Lipinski definition) is 0. The Morgan fingerprint density at radius 3 is 2.55 bits per heavy atom. The molecule has 2 aromatic carbocycles. The van der Waals surface area contributed by atoms with Crippen LogP contribution in [0.3, 0.4) is 0 Å². The van der Waals surface area contributed by atoms with Gasteiger partial charge in [-0.1, -0.05) is 52.3 Å². The van der Waals surface area contributed by atoms with E-state index in [1.54, 1.807) is 0 Å². The molecule has 3 rings (SSSR count). The van der Waals surface area contributed by atoms with Crippen LogP contribution in [0.4, 0.5) is 0 Å². The molecule has 0 unspecified atom stereocenters. The van der Waals surface area contributed by atoms with Crippen molar-refractivity contribution in [2.24, 2.45) is 0 Å². The number of nitrogens with zero attached hydrogens (tertiary/aromatic N) is 3. The van der Waals surface area contributed by atoms with E-state index in [0.29, 0.717) is 0 Å². The van der Waals surface area contributed by atoms with Gasteiger partial charge in [0.25, 0.3) is 6.33 Å². The normalized spacial score (nSPS) is 10.3. The van der Waals surface area contributed by atoms with Crippen molar-refractivity contribution in [2.45, 2.75) is 20.0 Å². The van der Waals surface area contributed by atoms with E-state index < -0.39 is 0 Å². The maximum absolute atomic E-state index is 4.44. The van der Waals surface area contributed by atoms with Gasteiger partial charge in [-0.25, -0.2) is 4.57 Å². The lowest BCUT2D eigenvalue weighted by atomic mass is 10.1. The molecule has 114 valence electrons. The second-order valence-corrected chi connectivity index (χ2v) is 6.08. The zero-order valence-corrected chi connectivity index (χ0v) is 15.5. The van der Waals surface area contributed by atoms with E-state index in [2.05, 4.69) is 87.4 Å². The van der Waals surface area contributed by atoms with Crippen LogP contribution in [0.2, 0.25) is 0 Å². The van der Waals surface area contributed by atoms with Crippen LogP contribution in [0.15, 0.2) is 65.7 Å². The molecule has 0 bridgehead atoms. The number of rotatable bonds is 4. The summed E-state index contributed by atoms with van der Waals surface area (Å²) in [7, 11) is 0. The second-order valence-electron chi connectivity index (χ2n) is 5.17. The fourth-order valence-electron chi connectivity index (χ4n) is 2.29. The second kappa shape index (κ2) is 7.70. The Bertz CT molecular complexity index is 736. The van der Waals surface area contributed by atoms with Crippen molar-refractivity contribution in [3.63, 3.8) is 0 Å². The molecule has 0 aliphatic rings. The van der Waals surface area contributed by atoms with Crippen LogP contribution in [0.25, 0.3) is 0 Å². The predicted molar refractivity (Wildman–Crippen MR) is 85.9 cm³/mol. The smallest absolute Gasteiger partial charge is 0.265 e. The van der Waals surface area contributed by atoms with Gasteiger partial charge in [-0.3, -0.25) is 0 Å². The van der Waals surface area contributed by atoms with Gasteiger partial charge in [0.15, 0.2) is 0 Å². The molecule has 0 saturated carbocycles. The first-order valence-electron chi connectivity index (χ1n) is 6.91. The predicted octanol–water partition coefficient (Wildman–Crippen LogP) is 0.342. The first-order valence-corrected chi connectivity index (χ1v) is 7.70. The summed E-state index contributed by atoms with van der Waals surface area (Å²) in [5.74, 6) is 0. The lowest BCUT2D eigenvalue weighted by Crippen LogP contribution is -3.00. The topological polar surface area (TPSA) is 21.7 Å². The van der Waals surface area contributed by atoms with Crippen LogP contribution < -0.4 is 21.5 Å². The number of hydrogen-bond acceptors (Lipinski definition) is 1. The van der Waals surface area contributed by atoms with E-state index in [-0.39, 0.29) is 17.0 Å². The Morgan fingerprint density at radius 2 is 1.82 bits per heavy atom. The first-order chi connectivity index (χ1) is 10.2. The van der Waals surface area contributed by atoms with Gasteiger partial charge in [0.1, 0.15) is 6.54 Å². The molecule has 0 aliphatic heterocycles. The van der Waals surface area contributed by atoms with Crippen molar-refractivity contribution in [2.75, 3.05) is 0 Å². The summed E-state index contributed by atoms with van der Waals surface area (Å²) in [6.07, 6.45) is 3.93. The molecule has 1 heterocycles. The molecule has 5 heteroatoms. The summed E-state index contributed by atoms with van der Waals surface area (Å²) in [6, 6.07) is 16.8. The summed E-state index contributed by atoms with van der Waals surface area (Å²) >= 11 is 3.46. The highest BCUT2D eigenvalue weighted by Gasteiger charge is 2.08. The van der Waals surface area contributed by atoms with E-state index >= 15 is 0 Å². The van der Waals surface area contributed by atoms with E-state index in [4.69, 9.17) is 0 Å². The van der Waals surface area contributed by atoms with Gasteiger partial charge < -0.3 is 17.0 Å². The Morgan fingerprint density at radius 1 is 1.09 bits per heavy atom. The van der Waals surface area contributed by atoms with Gasteiger partial charge in [0.2, 0.25) is 6.33 Å². The Kier molecular flexibility index (Phi) is 5.91. The van der Waals surface area contributed by atoms with E-state index in [0.717, 1.165) is 17.6 Å². The van der Waals surface area contributed by atoms with Crippen molar-refractivity contribution < 1.29 is 21.5 Å². The molecule has 0 aliphatic carbocycles. The van der Waals surface area contributed by atoms with Gasteiger partial charge in [-0.05, 0) is 35.7 Å². The number of aryl methyl sites for hydroxylation is 1. The number of halogens is 2. The van der Waals surface area contributed by atoms with Gasteiger partial charge >= 0.3 is 0 Å². The quantitative estimate of drug-likeness (QED) is 0.556. The fraction of sp³-hybridized carbons (Fsp3) is 0.176. The molecule has 0 spiro atoms. The zero-order valence-electron chi connectivity index (χ0n) is 12.3. The van der Waals surface area contributed by atoms with Crippen LogP contribution in [0.1, 0.15) is 16.7 Å². The third kappa shape index (κ3) is 4.27. The molecule has 0 radical (unpaired) electrons. The molecule has 3 aromatic rings. The van der Waals surface area contributed by atoms with Gasteiger partial charge in [-0.15, -0.1) is 4.68 Å². The Balaban J connectivity index is 0.00000176. The van der Waals surface area contributed by atoms with Crippen molar-refractivity contribution in [1.82, 2.24) is 9.78 Å². The van der Waals surface area contributed by atoms with Crippen molar-refractivity contribution in [3.05, 3.63) is 82.3 Å². The third-order valence-corrected chi connectivity index (χ3v) is 4.03. The first kappa shape index (κ1) is 16.9. The van der Waals surface area contributed by atoms with Gasteiger partial charge in [-0.2, -0.15) is 0 Å². The molecule has 3 nitrogen and oxygen atoms in total. The van der Waals surface area contributed by atoms with E-state index in [9.17, 15) is 0 Å². The minimum atomic E-state index is 0. The van der Waals surface area contributed by atoms with E-state index in [1.807, 2.05) is 11.0 Å². The molecule has 0 amide bonds. The summed E-state index contributed by atoms with van der Waals surface area (Å²) in [5, 5.41) is 4.44. The lowest BCUT2D eigenvalue weighted by Gasteiger charge is -2.01. The Hall–Kier alpha value is -1.46. The van der Waals surface area contributed by atoms with Crippen LogP contribution in [0, 0.1) is 6.92 Å². The number of benzene rings is 2.